The third-order valence-electron chi connectivity index (χ3n) is 2.19. The fourth-order valence-corrected chi connectivity index (χ4v) is 1.32. The van der Waals surface area contributed by atoms with Gasteiger partial charge in [0.25, 0.3) is 5.69 Å². The number of hydrogen-bond acceptors (Lipinski definition) is 7. The van der Waals surface area contributed by atoms with Gasteiger partial charge in [0, 0.05) is 6.07 Å². The van der Waals surface area contributed by atoms with Gasteiger partial charge >= 0.3 is 5.97 Å². The second-order valence-corrected chi connectivity index (χ2v) is 3.35. The number of nitrogens with two attached hydrogens (primary N) is 1. The summed E-state index contributed by atoms with van der Waals surface area (Å²) in [6, 6.07) is 4.49. The average molecular weight is 255 g/mol. The number of nitrogens with zero attached hydrogens (tertiary/aromatic N) is 1. The summed E-state index contributed by atoms with van der Waals surface area (Å²) >= 11 is 0. The first-order chi connectivity index (χ1) is 8.56. The molecule has 0 unspecified atom stereocenters. The number of ether oxygens (including phenoxy) is 1. The van der Waals surface area contributed by atoms with Crippen LogP contribution in [-0.4, -0.2) is 17.5 Å². The van der Waals surface area contributed by atoms with Crippen molar-refractivity contribution in [2.24, 2.45) is 5.84 Å². The van der Waals surface area contributed by atoms with E-state index in [1.54, 1.807) is 18.6 Å². The number of benzene rings is 1. The fourth-order valence-electron chi connectivity index (χ4n) is 1.32. The van der Waals surface area contributed by atoms with Crippen LogP contribution < -0.4 is 16.2 Å². The second-order valence-electron chi connectivity index (χ2n) is 3.35. The van der Waals surface area contributed by atoms with E-state index < -0.39 is 10.9 Å². The van der Waals surface area contributed by atoms with Gasteiger partial charge in [-0.05, 0) is 13.0 Å². The number of nitro groups is 1. The topological polar surface area (TPSA) is 117 Å². The van der Waals surface area contributed by atoms with Gasteiger partial charge in [-0.25, -0.2) is 5.84 Å². The van der Waals surface area contributed by atoms with Crippen LogP contribution in [-0.2, 0) is 9.63 Å². The Morgan fingerprint density at radius 2 is 2.28 bits per heavy atom. The molecule has 0 aromatic heterocycles. The number of carbonyl (C=O) groups excluding carboxylic acids is 1. The lowest BCUT2D eigenvalue weighted by Crippen LogP contribution is -2.27. The summed E-state index contributed by atoms with van der Waals surface area (Å²) < 4.78 is 5.27. The Bertz CT molecular complexity index is 449. The van der Waals surface area contributed by atoms with Crippen molar-refractivity contribution >= 4 is 11.7 Å². The zero-order valence-corrected chi connectivity index (χ0v) is 9.71. The molecular formula is C10H13N3O5. The van der Waals surface area contributed by atoms with Crippen molar-refractivity contribution < 1.29 is 19.3 Å². The van der Waals surface area contributed by atoms with E-state index in [-0.39, 0.29) is 18.7 Å². The summed E-state index contributed by atoms with van der Waals surface area (Å²) in [5, 5.41) is 10.7. The average Bonchev–Trinajstić information content (AvgIpc) is 2.31. The monoisotopic (exact) mass is 255 g/mol. The molecule has 18 heavy (non-hydrogen) atoms. The van der Waals surface area contributed by atoms with E-state index in [9.17, 15) is 14.9 Å². The molecule has 0 bridgehead atoms. The molecule has 1 rings (SSSR count). The van der Waals surface area contributed by atoms with Gasteiger partial charge < -0.3 is 9.57 Å². The minimum atomic E-state index is -0.583. The van der Waals surface area contributed by atoms with Gasteiger partial charge in [-0.15, -0.1) is 0 Å². The van der Waals surface area contributed by atoms with Crippen molar-refractivity contribution in [2.45, 2.75) is 13.3 Å². The molecule has 0 heterocycles. The number of rotatable bonds is 6. The van der Waals surface area contributed by atoms with Crippen molar-refractivity contribution in [3.05, 3.63) is 33.9 Å². The Balaban J connectivity index is 2.60. The molecule has 0 radical (unpaired) electrons. The molecule has 1 aromatic carbocycles. The molecule has 0 aliphatic heterocycles. The molecule has 8 nitrogen and oxygen atoms in total. The number of nitrogens with one attached hydrogen (secondary N) is 1. The van der Waals surface area contributed by atoms with Gasteiger partial charge in [0.2, 0.25) is 0 Å². The van der Waals surface area contributed by atoms with E-state index in [4.69, 9.17) is 10.6 Å². The standard InChI is InChI=1S/C10H13N3O5/c1-7-8(13(15)16)3-2-4-9(7)17-6-5-10(14)18-12-11/h2-4,12H,5-6,11H2,1H3. The van der Waals surface area contributed by atoms with Gasteiger partial charge in [-0.1, -0.05) is 11.7 Å². The van der Waals surface area contributed by atoms with Crippen LogP contribution in [0.5, 0.6) is 5.75 Å². The zero-order chi connectivity index (χ0) is 13.5. The van der Waals surface area contributed by atoms with Crippen molar-refractivity contribution in [1.82, 2.24) is 5.59 Å². The molecule has 0 spiro atoms. The normalized spacial score (nSPS) is 9.89. The van der Waals surface area contributed by atoms with Gasteiger partial charge in [-0.2, -0.15) is 0 Å². The second kappa shape index (κ2) is 6.52. The summed E-state index contributed by atoms with van der Waals surface area (Å²) in [7, 11) is 0. The fraction of sp³-hybridized carbons (Fsp3) is 0.300. The van der Waals surface area contributed by atoms with E-state index in [2.05, 4.69) is 4.84 Å². The molecule has 3 N–H and O–H groups in total. The zero-order valence-electron chi connectivity index (χ0n) is 9.71. The molecule has 0 amide bonds. The van der Waals surface area contributed by atoms with Gasteiger partial charge in [0.05, 0.1) is 23.5 Å². The van der Waals surface area contributed by atoms with Crippen LogP contribution in [0, 0.1) is 17.0 Å². The summed E-state index contributed by atoms with van der Waals surface area (Å²) in [5.74, 6) is 4.56. The van der Waals surface area contributed by atoms with Crippen LogP contribution >= 0.6 is 0 Å². The molecule has 98 valence electrons. The summed E-state index contributed by atoms with van der Waals surface area (Å²) in [4.78, 5) is 25.4. The van der Waals surface area contributed by atoms with Gasteiger partial charge in [0.1, 0.15) is 5.75 Å². The molecule has 0 fully saturated rings. The third-order valence-corrected chi connectivity index (χ3v) is 2.19. The van der Waals surface area contributed by atoms with Crippen molar-refractivity contribution in [3.8, 4) is 5.75 Å². The van der Waals surface area contributed by atoms with Crippen molar-refractivity contribution in [1.29, 1.82) is 0 Å². The smallest absolute Gasteiger partial charge is 0.329 e. The number of hydrogen-bond donors (Lipinski definition) is 2. The Hall–Kier alpha value is -2.19. The quantitative estimate of drug-likeness (QED) is 0.434. The van der Waals surface area contributed by atoms with Crippen molar-refractivity contribution in [2.75, 3.05) is 6.61 Å². The minimum absolute atomic E-state index is 0.0215. The highest BCUT2D eigenvalue weighted by Gasteiger charge is 2.14. The summed E-state index contributed by atoms with van der Waals surface area (Å²) in [5.41, 5.74) is 2.14. The lowest BCUT2D eigenvalue weighted by molar-refractivity contribution is -0.385. The highest BCUT2D eigenvalue weighted by molar-refractivity contribution is 5.69. The maximum atomic E-state index is 10.9. The molecule has 1 aromatic rings. The predicted molar refractivity (Wildman–Crippen MR) is 61.4 cm³/mol. The lowest BCUT2D eigenvalue weighted by atomic mass is 10.2. The Kier molecular flexibility index (Phi) is 5.03. The van der Waals surface area contributed by atoms with Crippen LogP contribution in [0.3, 0.4) is 0 Å². The van der Waals surface area contributed by atoms with Gasteiger partial charge in [0.15, 0.2) is 0 Å². The third kappa shape index (κ3) is 3.68. The first-order valence-electron chi connectivity index (χ1n) is 5.08. The molecule has 0 aliphatic rings. The highest BCUT2D eigenvalue weighted by atomic mass is 16.7. The van der Waals surface area contributed by atoms with E-state index in [1.165, 1.54) is 12.1 Å². The Morgan fingerprint density at radius 1 is 1.56 bits per heavy atom. The van der Waals surface area contributed by atoms with E-state index in [1.807, 2.05) is 0 Å². The maximum Gasteiger partial charge on any atom is 0.329 e. The largest absolute Gasteiger partial charge is 0.492 e. The molecule has 0 aliphatic carbocycles. The van der Waals surface area contributed by atoms with Gasteiger partial charge in [-0.3, -0.25) is 14.9 Å². The van der Waals surface area contributed by atoms with Crippen LogP contribution in [0.2, 0.25) is 0 Å². The molecule has 0 atom stereocenters. The highest BCUT2D eigenvalue weighted by Crippen LogP contribution is 2.26. The molecule has 0 saturated carbocycles. The Labute approximate surface area is 103 Å². The number of carbonyl (C=O) groups is 1. The summed E-state index contributed by atoms with van der Waals surface area (Å²) in [6.07, 6.45) is -0.0215. The number of nitro benzene ring substituents is 1. The van der Waals surface area contributed by atoms with E-state index in [0.29, 0.717) is 11.3 Å². The summed E-state index contributed by atoms with van der Waals surface area (Å²) in [6.45, 7) is 1.62. The van der Waals surface area contributed by atoms with Crippen LogP contribution in [0.25, 0.3) is 0 Å². The van der Waals surface area contributed by atoms with Crippen molar-refractivity contribution in [3.63, 3.8) is 0 Å². The van der Waals surface area contributed by atoms with Crippen LogP contribution in [0.4, 0.5) is 5.69 Å². The van der Waals surface area contributed by atoms with Crippen LogP contribution in [0.15, 0.2) is 18.2 Å². The number of hydrazine groups is 1. The molecule has 8 heteroatoms. The Morgan fingerprint density at radius 3 is 2.89 bits per heavy atom. The van der Waals surface area contributed by atoms with Crippen LogP contribution in [0.1, 0.15) is 12.0 Å². The first kappa shape index (κ1) is 13.9. The van der Waals surface area contributed by atoms with E-state index >= 15 is 0 Å². The minimum Gasteiger partial charge on any atom is -0.492 e. The first-order valence-corrected chi connectivity index (χ1v) is 5.08. The molecular weight excluding hydrogens is 242 g/mol. The SMILES string of the molecule is Cc1c(OCCC(=O)ONN)cccc1[N+](=O)[O-]. The maximum absolute atomic E-state index is 10.9. The van der Waals surface area contributed by atoms with E-state index in [0.717, 1.165) is 0 Å². The molecule has 0 saturated heterocycles. The lowest BCUT2D eigenvalue weighted by Gasteiger charge is -2.08. The predicted octanol–water partition coefficient (Wildman–Crippen LogP) is 0.594.